The van der Waals surface area contributed by atoms with Gasteiger partial charge in [-0.2, -0.15) is 11.8 Å². The highest BCUT2D eigenvalue weighted by molar-refractivity contribution is 7.99. The highest BCUT2D eigenvalue weighted by Crippen LogP contribution is 2.47. The van der Waals surface area contributed by atoms with E-state index in [1.54, 1.807) is 0 Å². The maximum absolute atomic E-state index is 11.1. The Bertz CT molecular complexity index is 441. The lowest BCUT2D eigenvalue weighted by Crippen LogP contribution is -2.58. The van der Waals surface area contributed by atoms with Gasteiger partial charge in [0.2, 0.25) is 0 Å². The van der Waals surface area contributed by atoms with Gasteiger partial charge in [-0.15, -0.1) is 0 Å². The first-order valence-corrected chi connectivity index (χ1v) is 10.9. The number of thioether (sulfide) groups is 1. The zero-order chi connectivity index (χ0) is 18.4. The fraction of sp³-hybridized carbons (Fsp3) is 1.00. The molecule has 2 atom stereocenters. The van der Waals surface area contributed by atoms with E-state index in [9.17, 15) is 5.11 Å². The summed E-state index contributed by atoms with van der Waals surface area (Å²) in [5.41, 5.74) is 1.00. The molecule has 0 aromatic rings. The second kappa shape index (κ2) is 6.78. The molecule has 0 radical (unpaired) electrons. The molecule has 1 heterocycles. The van der Waals surface area contributed by atoms with Crippen LogP contribution in [-0.4, -0.2) is 45.7 Å². The molecule has 0 amide bonds. The van der Waals surface area contributed by atoms with Crippen molar-refractivity contribution in [2.24, 2.45) is 16.2 Å². The lowest BCUT2D eigenvalue weighted by atomic mass is 9.74. The molecule has 142 valence electrons. The molecule has 1 aliphatic carbocycles. The summed E-state index contributed by atoms with van der Waals surface area (Å²) in [6.45, 7) is 20.2. The SMILES string of the molecule is CC1(C)CC(O)C(N2CCSCC(C)(C)CC2(C)C)CC(C)(C)C1. The molecule has 0 aromatic heterocycles. The summed E-state index contributed by atoms with van der Waals surface area (Å²) in [6.07, 6.45) is 4.20. The Labute approximate surface area is 155 Å². The Kier molecular flexibility index (Phi) is 5.81. The van der Waals surface area contributed by atoms with E-state index in [1.807, 2.05) is 0 Å². The Morgan fingerprint density at radius 2 is 1.42 bits per heavy atom. The van der Waals surface area contributed by atoms with Crippen LogP contribution in [0.1, 0.15) is 81.1 Å². The van der Waals surface area contributed by atoms with Crippen LogP contribution in [0.15, 0.2) is 0 Å². The topological polar surface area (TPSA) is 23.5 Å². The number of hydrogen-bond donors (Lipinski definition) is 1. The van der Waals surface area contributed by atoms with Crippen LogP contribution in [0.4, 0.5) is 0 Å². The normalized spacial score (nSPS) is 36.4. The molecule has 2 rings (SSSR count). The van der Waals surface area contributed by atoms with Crippen molar-refractivity contribution in [3.8, 4) is 0 Å². The summed E-state index contributed by atoms with van der Waals surface area (Å²) in [5.74, 6) is 2.43. The fourth-order valence-corrected chi connectivity index (χ4v) is 7.04. The van der Waals surface area contributed by atoms with Gasteiger partial charge >= 0.3 is 0 Å². The Morgan fingerprint density at radius 1 is 0.833 bits per heavy atom. The van der Waals surface area contributed by atoms with Crippen LogP contribution >= 0.6 is 11.8 Å². The van der Waals surface area contributed by atoms with E-state index in [2.05, 4.69) is 72.1 Å². The molecule has 0 spiro atoms. The van der Waals surface area contributed by atoms with Crippen molar-refractivity contribution in [3.05, 3.63) is 0 Å². The summed E-state index contributed by atoms with van der Waals surface area (Å²) >= 11 is 2.09. The summed E-state index contributed by atoms with van der Waals surface area (Å²) in [6, 6.07) is 0.284. The number of rotatable bonds is 1. The molecule has 2 fully saturated rings. The molecule has 1 saturated heterocycles. The third-order valence-corrected chi connectivity index (χ3v) is 7.44. The van der Waals surface area contributed by atoms with Crippen molar-refractivity contribution in [2.75, 3.05) is 18.1 Å². The van der Waals surface area contributed by atoms with E-state index in [1.165, 1.54) is 24.3 Å². The predicted octanol–water partition coefficient (Wildman–Crippen LogP) is 5.20. The van der Waals surface area contributed by atoms with Gasteiger partial charge in [-0.05, 0) is 61.5 Å². The Balaban J connectivity index is 2.31. The first-order valence-electron chi connectivity index (χ1n) is 9.76. The van der Waals surface area contributed by atoms with Crippen molar-refractivity contribution in [1.29, 1.82) is 0 Å². The number of aliphatic hydroxyl groups is 1. The van der Waals surface area contributed by atoms with Crippen LogP contribution in [0.5, 0.6) is 0 Å². The van der Waals surface area contributed by atoms with Crippen molar-refractivity contribution in [3.63, 3.8) is 0 Å². The molecule has 1 N–H and O–H groups in total. The number of hydrogen-bond acceptors (Lipinski definition) is 3. The second-order valence-electron chi connectivity index (χ2n) is 11.4. The van der Waals surface area contributed by atoms with Crippen molar-refractivity contribution in [2.45, 2.75) is 98.8 Å². The average molecular weight is 356 g/mol. The van der Waals surface area contributed by atoms with Gasteiger partial charge in [0.25, 0.3) is 0 Å². The molecule has 2 unspecified atom stereocenters. The average Bonchev–Trinajstić information content (AvgIpc) is 2.38. The van der Waals surface area contributed by atoms with Crippen LogP contribution in [-0.2, 0) is 0 Å². The van der Waals surface area contributed by atoms with Gasteiger partial charge in [0.15, 0.2) is 0 Å². The third kappa shape index (κ3) is 5.14. The molecule has 0 bridgehead atoms. The highest BCUT2D eigenvalue weighted by Gasteiger charge is 2.46. The van der Waals surface area contributed by atoms with Crippen LogP contribution in [0, 0.1) is 16.2 Å². The zero-order valence-electron chi connectivity index (χ0n) is 17.4. The molecule has 1 aliphatic heterocycles. The minimum atomic E-state index is -0.214. The van der Waals surface area contributed by atoms with Crippen LogP contribution < -0.4 is 0 Å². The first-order chi connectivity index (χ1) is 10.7. The molecule has 2 nitrogen and oxygen atoms in total. The standard InChI is InChI=1S/C21H41NOS/c1-18(2)11-16(17(23)12-19(3,4)13-18)22-9-10-24-15-20(5,6)14-21(22,7)8/h16-17,23H,9-15H2,1-8H3. The van der Waals surface area contributed by atoms with Crippen molar-refractivity contribution < 1.29 is 5.11 Å². The second-order valence-corrected chi connectivity index (χ2v) is 12.6. The summed E-state index contributed by atoms with van der Waals surface area (Å²) in [4.78, 5) is 2.68. The molecular formula is C21H41NOS. The van der Waals surface area contributed by atoms with E-state index >= 15 is 0 Å². The summed E-state index contributed by atoms with van der Waals surface area (Å²) in [7, 11) is 0. The maximum atomic E-state index is 11.1. The summed E-state index contributed by atoms with van der Waals surface area (Å²) < 4.78 is 0. The van der Waals surface area contributed by atoms with Crippen LogP contribution in [0.3, 0.4) is 0 Å². The van der Waals surface area contributed by atoms with Gasteiger partial charge in [0, 0.05) is 23.9 Å². The van der Waals surface area contributed by atoms with Gasteiger partial charge in [-0.3, -0.25) is 4.90 Å². The molecule has 0 aromatic carbocycles. The number of aliphatic hydroxyl groups excluding tert-OH is 1. The molecule has 2 aliphatic rings. The predicted molar refractivity (Wildman–Crippen MR) is 108 cm³/mol. The van der Waals surface area contributed by atoms with Gasteiger partial charge in [-0.25, -0.2) is 0 Å². The van der Waals surface area contributed by atoms with Gasteiger partial charge in [0.1, 0.15) is 0 Å². The molecule has 24 heavy (non-hydrogen) atoms. The van der Waals surface area contributed by atoms with Crippen molar-refractivity contribution in [1.82, 2.24) is 4.90 Å². The fourth-order valence-electron chi connectivity index (χ4n) is 5.91. The van der Waals surface area contributed by atoms with Gasteiger partial charge in [-0.1, -0.05) is 41.5 Å². The minimum absolute atomic E-state index is 0.140. The Morgan fingerprint density at radius 3 is 2.04 bits per heavy atom. The van der Waals surface area contributed by atoms with E-state index in [-0.39, 0.29) is 28.5 Å². The van der Waals surface area contributed by atoms with Gasteiger partial charge in [0.05, 0.1) is 6.10 Å². The van der Waals surface area contributed by atoms with E-state index in [0.717, 1.165) is 19.4 Å². The summed E-state index contributed by atoms with van der Waals surface area (Å²) in [5, 5.41) is 11.1. The first kappa shape index (κ1) is 20.6. The maximum Gasteiger partial charge on any atom is 0.0700 e. The molecule has 3 heteroatoms. The lowest BCUT2D eigenvalue weighted by molar-refractivity contribution is -0.0349. The largest absolute Gasteiger partial charge is 0.391 e. The van der Waals surface area contributed by atoms with Gasteiger partial charge < -0.3 is 5.11 Å². The van der Waals surface area contributed by atoms with E-state index in [4.69, 9.17) is 0 Å². The van der Waals surface area contributed by atoms with E-state index < -0.39 is 0 Å². The monoisotopic (exact) mass is 355 g/mol. The Hall–Kier alpha value is 0.270. The smallest absolute Gasteiger partial charge is 0.0700 e. The van der Waals surface area contributed by atoms with Crippen LogP contribution in [0.25, 0.3) is 0 Å². The molecular weight excluding hydrogens is 314 g/mol. The minimum Gasteiger partial charge on any atom is -0.391 e. The quantitative estimate of drug-likeness (QED) is 0.654. The molecule has 1 saturated carbocycles. The highest BCUT2D eigenvalue weighted by atomic mass is 32.2. The number of nitrogens with zero attached hydrogens (tertiary/aromatic N) is 1. The van der Waals surface area contributed by atoms with E-state index in [0.29, 0.717) is 5.41 Å². The zero-order valence-corrected chi connectivity index (χ0v) is 18.2. The van der Waals surface area contributed by atoms with Crippen LogP contribution in [0.2, 0.25) is 0 Å². The van der Waals surface area contributed by atoms with Crippen molar-refractivity contribution >= 4 is 11.8 Å². The third-order valence-electron chi connectivity index (χ3n) is 5.98. The lowest BCUT2D eigenvalue weighted by Gasteiger charge is -2.50.